The van der Waals surface area contributed by atoms with Crippen LogP contribution in [-0.4, -0.2) is 87.0 Å². The Bertz CT molecular complexity index is 1750. The molecule has 2 aliphatic heterocycles. The van der Waals surface area contributed by atoms with E-state index in [4.69, 9.17) is 0 Å². The molecular weight excluding hydrogens is 640 g/mol. The minimum Gasteiger partial charge on any atom is -0.362 e. The highest BCUT2D eigenvalue weighted by molar-refractivity contribution is 5.52. The number of quaternary nitrogens is 2. The maximum Gasteiger partial charge on any atom is 0.123 e. The molecule has 0 radical (unpaired) electrons. The van der Waals surface area contributed by atoms with E-state index in [0.717, 1.165) is 66.4 Å². The molecule has 2 fully saturated rings. The van der Waals surface area contributed by atoms with Gasteiger partial charge in [0.15, 0.2) is 0 Å². The van der Waals surface area contributed by atoms with Crippen molar-refractivity contribution >= 4 is 11.4 Å². The molecule has 0 spiro atoms. The van der Waals surface area contributed by atoms with E-state index in [1.54, 1.807) is 12.1 Å². The van der Waals surface area contributed by atoms with E-state index in [0.29, 0.717) is 24.2 Å². The van der Waals surface area contributed by atoms with Gasteiger partial charge in [0, 0.05) is 42.7 Å². The number of rotatable bonds is 11. The fraction of sp³-hybridized carbons (Fsp3) is 0.489. The van der Waals surface area contributed by atoms with Gasteiger partial charge in [-0.25, -0.2) is 4.39 Å². The first-order valence-corrected chi connectivity index (χ1v) is 20.4. The quantitative estimate of drug-likeness (QED) is 0.145. The Kier molecular flexibility index (Phi) is 10.2. The number of fused-ring (bicyclic) bond motifs is 2. The SMILES string of the molecule is C[N+]1(C)CCCCC1CN(c1ccc(CC[N+]2(C)CCCCC2CN(c2ccc(F)cc2)C2Cc3ccccc3C2)cc1)C1Cc2ccccc2C1. The van der Waals surface area contributed by atoms with Crippen LogP contribution in [0.4, 0.5) is 15.8 Å². The monoisotopic (exact) mass is 700 g/mol. The fourth-order valence-corrected chi connectivity index (χ4v) is 10.4. The van der Waals surface area contributed by atoms with Gasteiger partial charge in [-0.1, -0.05) is 60.7 Å². The smallest absolute Gasteiger partial charge is 0.123 e. The van der Waals surface area contributed by atoms with Crippen molar-refractivity contribution in [2.24, 2.45) is 0 Å². The van der Waals surface area contributed by atoms with Crippen molar-refractivity contribution in [3.05, 3.63) is 131 Å². The minimum atomic E-state index is -0.156. The van der Waals surface area contributed by atoms with Crippen molar-refractivity contribution < 1.29 is 13.4 Å². The lowest BCUT2D eigenvalue weighted by molar-refractivity contribution is -0.936. The van der Waals surface area contributed by atoms with Crippen LogP contribution in [0.2, 0.25) is 0 Å². The highest BCUT2D eigenvalue weighted by Crippen LogP contribution is 2.35. The lowest BCUT2D eigenvalue weighted by Gasteiger charge is -2.48. The molecule has 8 rings (SSSR count). The van der Waals surface area contributed by atoms with Gasteiger partial charge < -0.3 is 18.8 Å². The van der Waals surface area contributed by atoms with Crippen molar-refractivity contribution in [2.45, 2.75) is 94.8 Å². The van der Waals surface area contributed by atoms with Gasteiger partial charge in [0.05, 0.1) is 53.9 Å². The van der Waals surface area contributed by atoms with Gasteiger partial charge in [-0.05, 0) is 116 Å². The van der Waals surface area contributed by atoms with Crippen LogP contribution in [0.25, 0.3) is 0 Å². The van der Waals surface area contributed by atoms with Gasteiger partial charge >= 0.3 is 0 Å². The number of likely N-dealkylation sites (tertiary alicyclic amines) is 2. The lowest BCUT2D eigenvalue weighted by atomic mass is 9.96. The standard InChI is InChI=1S/C47H61FN4/c1-51(2)27-10-8-16-46(51)34-49(44-30-37-12-4-5-13-38(37)31-44)42-22-18-36(19-23-42)26-29-52(3)28-11-9-17-47(52)35-50(43-24-20-41(48)21-25-43)45-32-39-14-6-7-15-40(39)33-45/h4-7,12-15,18-25,44-47H,8-11,16-17,26-35H2,1-3H3/q+2. The van der Waals surface area contributed by atoms with Crippen molar-refractivity contribution in [3.63, 3.8) is 0 Å². The van der Waals surface area contributed by atoms with Crippen LogP contribution in [0.15, 0.2) is 97.1 Å². The van der Waals surface area contributed by atoms with Crippen LogP contribution in [0.3, 0.4) is 0 Å². The summed E-state index contributed by atoms with van der Waals surface area (Å²) >= 11 is 0. The molecule has 274 valence electrons. The maximum absolute atomic E-state index is 14.1. The van der Waals surface area contributed by atoms with E-state index < -0.39 is 0 Å². The topological polar surface area (TPSA) is 6.48 Å². The molecule has 3 unspecified atom stereocenters. The van der Waals surface area contributed by atoms with Crippen LogP contribution in [0.1, 0.15) is 66.3 Å². The lowest BCUT2D eigenvalue weighted by Crippen LogP contribution is -2.60. The summed E-state index contributed by atoms with van der Waals surface area (Å²) in [6.07, 6.45) is 13.4. The Balaban J connectivity index is 0.980. The van der Waals surface area contributed by atoms with Crippen molar-refractivity contribution in [1.29, 1.82) is 0 Å². The summed E-state index contributed by atoms with van der Waals surface area (Å²) in [5.41, 5.74) is 10.0. The van der Waals surface area contributed by atoms with E-state index in [1.807, 2.05) is 12.1 Å². The van der Waals surface area contributed by atoms with Crippen LogP contribution >= 0.6 is 0 Å². The third kappa shape index (κ3) is 7.54. The average Bonchev–Trinajstić information content (AvgIpc) is 3.79. The minimum absolute atomic E-state index is 0.156. The third-order valence-electron chi connectivity index (χ3n) is 13.9. The van der Waals surface area contributed by atoms with Gasteiger partial charge in [-0.15, -0.1) is 0 Å². The Hall–Kier alpha value is -3.67. The molecule has 4 aromatic carbocycles. The molecule has 0 bridgehead atoms. The Morgan fingerprint density at radius 2 is 1.02 bits per heavy atom. The van der Waals surface area contributed by atoms with Crippen molar-refractivity contribution in [2.75, 3.05) is 63.7 Å². The first kappa shape index (κ1) is 35.4. The molecule has 2 aliphatic carbocycles. The maximum atomic E-state index is 14.1. The zero-order valence-corrected chi connectivity index (χ0v) is 32.0. The summed E-state index contributed by atoms with van der Waals surface area (Å²) in [4.78, 5) is 5.43. The number of nitrogens with zero attached hydrogens (tertiary/aromatic N) is 4. The molecule has 52 heavy (non-hydrogen) atoms. The molecular formula is C47H61FN4+2. The molecule has 3 atom stereocenters. The van der Waals surface area contributed by atoms with Crippen LogP contribution in [-0.2, 0) is 32.1 Å². The normalized spacial score (nSPS) is 24.4. The Morgan fingerprint density at radius 3 is 1.54 bits per heavy atom. The van der Waals surface area contributed by atoms with E-state index in [9.17, 15) is 4.39 Å². The van der Waals surface area contributed by atoms with Crippen LogP contribution < -0.4 is 9.80 Å². The number of benzene rings is 4. The molecule has 2 saturated heterocycles. The predicted octanol–water partition coefficient (Wildman–Crippen LogP) is 8.64. The molecule has 2 heterocycles. The number of hydrogen-bond acceptors (Lipinski definition) is 2. The summed E-state index contributed by atoms with van der Waals surface area (Å²) < 4.78 is 16.3. The van der Waals surface area contributed by atoms with Gasteiger partial charge in [0.1, 0.15) is 17.9 Å². The zero-order chi connectivity index (χ0) is 35.7. The van der Waals surface area contributed by atoms with E-state index >= 15 is 0 Å². The zero-order valence-electron chi connectivity index (χ0n) is 32.0. The summed E-state index contributed by atoms with van der Waals surface area (Å²) in [6, 6.07) is 37.3. The van der Waals surface area contributed by atoms with Crippen molar-refractivity contribution in [1.82, 2.24) is 0 Å². The van der Waals surface area contributed by atoms with E-state index in [2.05, 4.69) is 104 Å². The number of anilines is 2. The summed E-state index contributed by atoms with van der Waals surface area (Å²) in [7, 11) is 7.43. The third-order valence-corrected chi connectivity index (χ3v) is 13.9. The first-order valence-electron chi connectivity index (χ1n) is 20.4. The Morgan fingerprint density at radius 1 is 0.558 bits per heavy atom. The number of halogens is 1. The molecule has 4 nitrogen and oxygen atoms in total. The Labute approximate surface area is 313 Å². The van der Waals surface area contributed by atoms with Gasteiger partial charge in [0.25, 0.3) is 0 Å². The molecule has 4 aromatic rings. The van der Waals surface area contributed by atoms with Gasteiger partial charge in [0.2, 0.25) is 0 Å². The average molecular weight is 701 g/mol. The molecule has 5 heteroatoms. The predicted molar refractivity (Wildman–Crippen MR) is 215 cm³/mol. The first-order chi connectivity index (χ1) is 25.2. The summed E-state index contributed by atoms with van der Waals surface area (Å²) in [5.74, 6) is -0.156. The summed E-state index contributed by atoms with van der Waals surface area (Å²) in [6.45, 7) is 5.83. The molecule has 0 N–H and O–H groups in total. The fourth-order valence-electron chi connectivity index (χ4n) is 10.4. The highest BCUT2D eigenvalue weighted by atomic mass is 19.1. The van der Waals surface area contributed by atoms with E-state index in [-0.39, 0.29) is 5.82 Å². The highest BCUT2D eigenvalue weighted by Gasteiger charge is 2.39. The van der Waals surface area contributed by atoms with Gasteiger partial charge in [-0.3, -0.25) is 0 Å². The molecule has 4 aliphatic rings. The second-order valence-corrected chi connectivity index (χ2v) is 17.6. The molecule has 0 aromatic heterocycles. The van der Waals surface area contributed by atoms with Crippen LogP contribution in [0, 0.1) is 5.82 Å². The number of hydrogen-bond donors (Lipinski definition) is 0. The van der Waals surface area contributed by atoms with Gasteiger partial charge in [-0.2, -0.15) is 0 Å². The second-order valence-electron chi connectivity index (χ2n) is 17.6. The summed E-state index contributed by atoms with van der Waals surface area (Å²) in [5, 5.41) is 0. The second kappa shape index (κ2) is 15.0. The molecule has 0 saturated carbocycles. The van der Waals surface area contributed by atoms with Crippen LogP contribution in [0.5, 0.6) is 0 Å². The largest absolute Gasteiger partial charge is 0.362 e. The van der Waals surface area contributed by atoms with E-state index in [1.165, 1.54) is 85.1 Å². The van der Waals surface area contributed by atoms with Crippen molar-refractivity contribution in [3.8, 4) is 0 Å². The number of piperidine rings is 2. The molecule has 0 amide bonds. The number of likely N-dealkylation sites (N-methyl/N-ethyl adjacent to an activating group) is 2.